The Balaban J connectivity index is 1.71. The summed E-state index contributed by atoms with van der Waals surface area (Å²) in [6.07, 6.45) is 5.43. The van der Waals surface area contributed by atoms with E-state index in [1.807, 2.05) is 18.2 Å². The number of carbonyl (C=O) groups is 1. The molecule has 1 aliphatic rings. The van der Waals surface area contributed by atoms with Crippen molar-refractivity contribution in [3.63, 3.8) is 0 Å². The van der Waals surface area contributed by atoms with Gasteiger partial charge in [-0.05, 0) is 43.4 Å². The van der Waals surface area contributed by atoms with Crippen molar-refractivity contribution < 1.29 is 18.4 Å². The van der Waals surface area contributed by atoms with E-state index in [0.29, 0.717) is 41.2 Å². The molecule has 4 N–H and O–H groups in total. The minimum atomic E-state index is -2.22. The lowest BCUT2D eigenvalue weighted by Crippen LogP contribution is -2.25. The SMILES string of the molecule is CCONC(=O)c1cnc(Nc2ccn(C)n2)cc1Nc1ccc(C2CC2)cc1N(C)S(=O)O. The lowest BCUT2D eigenvalue weighted by Gasteiger charge is -2.21. The number of nitrogens with one attached hydrogen (secondary N) is 3. The molecule has 12 heteroatoms. The van der Waals surface area contributed by atoms with Gasteiger partial charge in [-0.3, -0.25) is 23.2 Å². The molecule has 1 aliphatic carbocycles. The Morgan fingerprint density at radius 2 is 2.03 bits per heavy atom. The van der Waals surface area contributed by atoms with Gasteiger partial charge in [-0.2, -0.15) is 5.10 Å². The molecule has 180 valence electrons. The smallest absolute Gasteiger partial charge is 0.278 e. The second-order valence-electron chi connectivity index (χ2n) is 7.88. The summed E-state index contributed by atoms with van der Waals surface area (Å²) in [5.41, 5.74) is 5.27. The Bertz CT molecular complexity index is 1210. The van der Waals surface area contributed by atoms with Crippen LogP contribution in [-0.2, 0) is 23.2 Å². The van der Waals surface area contributed by atoms with Crippen LogP contribution in [0, 0.1) is 0 Å². The van der Waals surface area contributed by atoms with Gasteiger partial charge in [-0.25, -0.2) is 14.7 Å². The van der Waals surface area contributed by atoms with E-state index in [2.05, 4.69) is 26.2 Å². The summed E-state index contributed by atoms with van der Waals surface area (Å²) >= 11 is -2.22. The van der Waals surface area contributed by atoms with Crippen molar-refractivity contribution in [2.24, 2.45) is 7.05 Å². The van der Waals surface area contributed by atoms with Crippen LogP contribution < -0.4 is 20.4 Å². The van der Waals surface area contributed by atoms with Crippen LogP contribution in [0.3, 0.4) is 0 Å². The largest absolute Gasteiger partial charge is 0.353 e. The van der Waals surface area contributed by atoms with Crippen molar-refractivity contribution in [3.8, 4) is 0 Å². The van der Waals surface area contributed by atoms with Gasteiger partial charge in [0.15, 0.2) is 5.82 Å². The van der Waals surface area contributed by atoms with Crippen LogP contribution in [0.5, 0.6) is 0 Å². The van der Waals surface area contributed by atoms with Gasteiger partial charge in [0.25, 0.3) is 17.2 Å². The molecule has 1 aromatic carbocycles. The van der Waals surface area contributed by atoms with Crippen LogP contribution in [0.1, 0.15) is 41.6 Å². The highest BCUT2D eigenvalue weighted by molar-refractivity contribution is 7.80. The molecule has 0 bridgehead atoms. The third-order valence-corrected chi connectivity index (χ3v) is 6.01. The zero-order valence-corrected chi connectivity index (χ0v) is 19.9. The van der Waals surface area contributed by atoms with Gasteiger partial charge in [0.2, 0.25) is 0 Å². The van der Waals surface area contributed by atoms with Crippen LogP contribution in [0.15, 0.2) is 42.7 Å². The first-order chi connectivity index (χ1) is 16.4. The number of amides is 1. The van der Waals surface area contributed by atoms with Crippen molar-refractivity contribution in [3.05, 3.63) is 53.9 Å². The van der Waals surface area contributed by atoms with Crippen LogP contribution in [0.25, 0.3) is 0 Å². The number of hydroxylamine groups is 1. The van der Waals surface area contributed by atoms with Crippen LogP contribution in [0.2, 0.25) is 0 Å². The molecule has 0 spiro atoms. The molecule has 0 aliphatic heterocycles. The average Bonchev–Trinajstić information content (AvgIpc) is 3.59. The maximum Gasteiger partial charge on any atom is 0.278 e. The summed E-state index contributed by atoms with van der Waals surface area (Å²) in [7, 11) is 3.35. The molecular formula is C22H27N7O4S. The zero-order valence-electron chi connectivity index (χ0n) is 19.1. The fraction of sp³-hybridized carbons (Fsp3) is 0.318. The van der Waals surface area contributed by atoms with E-state index >= 15 is 0 Å². The van der Waals surface area contributed by atoms with Crippen molar-refractivity contribution in [2.45, 2.75) is 25.7 Å². The lowest BCUT2D eigenvalue weighted by atomic mass is 10.1. The molecule has 1 amide bonds. The number of pyridine rings is 1. The first kappa shape index (κ1) is 23.7. The molecule has 34 heavy (non-hydrogen) atoms. The zero-order chi connectivity index (χ0) is 24.2. The third kappa shape index (κ3) is 5.53. The van der Waals surface area contributed by atoms with Crippen molar-refractivity contribution in [1.82, 2.24) is 20.2 Å². The number of aromatic nitrogens is 3. The van der Waals surface area contributed by atoms with Gasteiger partial charge in [0, 0.05) is 38.6 Å². The molecular weight excluding hydrogens is 458 g/mol. The maximum absolute atomic E-state index is 12.7. The summed E-state index contributed by atoms with van der Waals surface area (Å²) in [6.45, 7) is 2.07. The molecule has 2 heterocycles. The minimum absolute atomic E-state index is 0.241. The van der Waals surface area contributed by atoms with E-state index in [1.165, 1.54) is 17.5 Å². The molecule has 1 saturated carbocycles. The molecule has 1 unspecified atom stereocenters. The fourth-order valence-electron chi connectivity index (χ4n) is 3.43. The van der Waals surface area contributed by atoms with Gasteiger partial charge in [-0.1, -0.05) is 6.07 Å². The average molecular weight is 486 g/mol. The van der Waals surface area contributed by atoms with Crippen molar-refractivity contribution in [2.75, 3.05) is 28.6 Å². The third-order valence-electron chi connectivity index (χ3n) is 5.34. The van der Waals surface area contributed by atoms with Gasteiger partial charge in [0.1, 0.15) is 5.82 Å². The van der Waals surface area contributed by atoms with E-state index in [9.17, 15) is 13.6 Å². The second kappa shape index (κ2) is 10.2. The summed E-state index contributed by atoms with van der Waals surface area (Å²) in [4.78, 5) is 22.1. The standard InChI is InChI=1S/C22H27N7O4S/c1-4-33-27-22(30)16-13-23-21(25-20-9-10-28(2)26-20)12-18(16)24-17-8-7-15(14-5-6-14)11-19(17)29(3)34(31)32/h7-14H,4-6H2,1-3H3,(H,27,30)(H,31,32)(H2,23,24,25,26). The number of aryl methyl sites for hydroxylation is 1. The van der Waals surface area contributed by atoms with Gasteiger partial charge in [-0.15, -0.1) is 0 Å². The van der Waals surface area contributed by atoms with E-state index in [0.717, 1.165) is 18.4 Å². The highest BCUT2D eigenvalue weighted by Crippen LogP contribution is 2.43. The number of nitrogens with zero attached hydrogens (tertiary/aromatic N) is 4. The Morgan fingerprint density at radius 3 is 2.68 bits per heavy atom. The van der Waals surface area contributed by atoms with Crippen LogP contribution in [-0.4, -0.2) is 43.1 Å². The predicted octanol–water partition coefficient (Wildman–Crippen LogP) is 3.43. The van der Waals surface area contributed by atoms with Crippen molar-refractivity contribution in [1.29, 1.82) is 0 Å². The Labute approximate surface area is 199 Å². The molecule has 1 fully saturated rings. The maximum atomic E-state index is 12.7. The molecule has 4 rings (SSSR count). The number of hydrogen-bond donors (Lipinski definition) is 4. The molecule has 1 atom stereocenters. The van der Waals surface area contributed by atoms with Gasteiger partial charge < -0.3 is 10.6 Å². The molecule has 0 saturated heterocycles. The number of benzene rings is 1. The van der Waals surface area contributed by atoms with Gasteiger partial charge >= 0.3 is 0 Å². The monoisotopic (exact) mass is 485 g/mol. The van der Waals surface area contributed by atoms with Crippen LogP contribution >= 0.6 is 0 Å². The number of hydrogen-bond acceptors (Lipinski definition) is 7. The number of anilines is 5. The normalized spacial score (nSPS) is 13.9. The Kier molecular flexibility index (Phi) is 7.10. The topological polar surface area (TPSA) is 134 Å². The number of carbonyl (C=O) groups excluding carboxylic acids is 1. The lowest BCUT2D eigenvalue weighted by molar-refractivity contribution is 0.0365. The minimum Gasteiger partial charge on any atom is -0.353 e. The second-order valence-corrected chi connectivity index (χ2v) is 8.89. The van der Waals surface area contributed by atoms with E-state index in [-0.39, 0.29) is 5.56 Å². The van der Waals surface area contributed by atoms with E-state index in [4.69, 9.17) is 4.84 Å². The predicted molar refractivity (Wildman–Crippen MR) is 131 cm³/mol. The summed E-state index contributed by atoms with van der Waals surface area (Å²) in [6, 6.07) is 9.21. The Hall–Kier alpha value is -3.48. The van der Waals surface area contributed by atoms with Gasteiger partial charge in [0.05, 0.1) is 29.2 Å². The quantitative estimate of drug-likeness (QED) is 0.254. The number of rotatable bonds is 10. The first-order valence-electron chi connectivity index (χ1n) is 10.8. The fourth-order valence-corrected chi connectivity index (χ4v) is 3.75. The molecule has 11 nitrogen and oxygen atoms in total. The summed E-state index contributed by atoms with van der Waals surface area (Å²) in [5, 5.41) is 10.6. The summed E-state index contributed by atoms with van der Waals surface area (Å²) in [5.74, 6) is 1.05. The molecule has 2 aromatic heterocycles. The molecule has 3 aromatic rings. The highest BCUT2D eigenvalue weighted by atomic mass is 32.2. The molecule has 0 radical (unpaired) electrons. The van der Waals surface area contributed by atoms with Crippen LogP contribution in [0.4, 0.5) is 28.7 Å². The highest BCUT2D eigenvalue weighted by Gasteiger charge is 2.26. The van der Waals surface area contributed by atoms with Crippen molar-refractivity contribution >= 4 is 45.9 Å². The van der Waals surface area contributed by atoms with E-state index < -0.39 is 17.2 Å². The Morgan fingerprint density at radius 1 is 1.24 bits per heavy atom. The van der Waals surface area contributed by atoms with E-state index in [1.54, 1.807) is 37.0 Å². The summed E-state index contributed by atoms with van der Waals surface area (Å²) < 4.78 is 24.5. The first-order valence-corrected chi connectivity index (χ1v) is 11.9.